The van der Waals surface area contributed by atoms with Crippen molar-refractivity contribution in [3.05, 3.63) is 21.4 Å². The molecule has 15 heavy (non-hydrogen) atoms. The van der Waals surface area contributed by atoms with Crippen molar-refractivity contribution in [2.45, 2.75) is 46.6 Å². The highest BCUT2D eigenvalue weighted by Gasteiger charge is 2.20. The van der Waals surface area contributed by atoms with Crippen LogP contribution in [-0.2, 0) is 0 Å². The number of carbonyl (C=O) groups is 1. The first-order valence-electron chi connectivity index (χ1n) is 5.25. The predicted molar refractivity (Wildman–Crippen MR) is 65.6 cm³/mol. The van der Waals surface area contributed by atoms with E-state index in [1.165, 1.54) is 4.88 Å². The molecule has 0 bridgehead atoms. The number of carbonyl (C=O) groups excluding carboxylic acids is 1. The molecule has 0 aromatic carbocycles. The first kappa shape index (κ1) is 12.2. The zero-order valence-electron chi connectivity index (χ0n) is 10.1. The van der Waals surface area contributed by atoms with Crippen LogP contribution >= 0.6 is 11.3 Å². The maximum absolute atomic E-state index is 11.9. The van der Waals surface area contributed by atoms with Crippen molar-refractivity contribution in [1.82, 2.24) is 5.32 Å². The summed E-state index contributed by atoms with van der Waals surface area (Å²) in [5.41, 5.74) is 0.693. The Labute approximate surface area is 95.7 Å². The highest BCUT2D eigenvalue weighted by atomic mass is 32.1. The van der Waals surface area contributed by atoms with Gasteiger partial charge in [-0.25, -0.2) is 0 Å². The van der Waals surface area contributed by atoms with Gasteiger partial charge in [0.1, 0.15) is 0 Å². The number of amides is 1. The predicted octanol–water partition coefficient (Wildman–Crippen LogP) is 3.28. The molecule has 0 aliphatic carbocycles. The lowest BCUT2D eigenvalue weighted by molar-refractivity contribution is 0.0911. The van der Waals surface area contributed by atoms with Gasteiger partial charge in [0.25, 0.3) is 5.91 Å². The second-order valence-electron chi connectivity index (χ2n) is 4.52. The van der Waals surface area contributed by atoms with E-state index in [-0.39, 0.29) is 11.4 Å². The highest BCUT2D eigenvalue weighted by molar-refractivity contribution is 7.12. The van der Waals surface area contributed by atoms with Crippen LogP contribution in [-0.4, -0.2) is 11.4 Å². The Hall–Kier alpha value is -0.830. The quantitative estimate of drug-likeness (QED) is 0.840. The second-order valence-corrected chi connectivity index (χ2v) is 5.98. The summed E-state index contributed by atoms with van der Waals surface area (Å²) in [6, 6.07) is 1.96. The molecule has 0 aliphatic rings. The molecule has 84 valence electrons. The van der Waals surface area contributed by atoms with Gasteiger partial charge >= 0.3 is 0 Å². The van der Waals surface area contributed by atoms with Crippen LogP contribution in [0.2, 0.25) is 0 Å². The van der Waals surface area contributed by atoms with Gasteiger partial charge in [-0.3, -0.25) is 4.79 Å². The molecule has 2 nitrogen and oxygen atoms in total. The second kappa shape index (κ2) is 4.35. The van der Waals surface area contributed by atoms with Gasteiger partial charge in [0.2, 0.25) is 0 Å². The summed E-state index contributed by atoms with van der Waals surface area (Å²) >= 11 is 1.67. The standard InChI is InChI=1S/C12H19NOS/c1-6-12(4,5)13-11(14)10-7-8(2)15-9(10)3/h7H,6H2,1-5H3,(H,13,14). The lowest BCUT2D eigenvalue weighted by atomic mass is 10.0. The molecule has 3 heteroatoms. The van der Waals surface area contributed by atoms with E-state index in [4.69, 9.17) is 0 Å². The maximum Gasteiger partial charge on any atom is 0.252 e. The lowest BCUT2D eigenvalue weighted by Gasteiger charge is -2.24. The molecular weight excluding hydrogens is 206 g/mol. The van der Waals surface area contributed by atoms with Crippen molar-refractivity contribution in [1.29, 1.82) is 0 Å². The first-order chi connectivity index (χ1) is 6.85. The Bertz CT molecular complexity index is 366. The van der Waals surface area contributed by atoms with E-state index in [0.29, 0.717) is 0 Å². The molecule has 0 unspecified atom stereocenters. The first-order valence-corrected chi connectivity index (χ1v) is 6.07. The number of rotatable bonds is 3. The fraction of sp³-hybridized carbons (Fsp3) is 0.583. The van der Waals surface area contributed by atoms with Gasteiger partial charge in [-0.2, -0.15) is 0 Å². The fourth-order valence-electron chi connectivity index (χ4n) is 1.32. The Morgan fingerprint density at radius 1 is 1.47 bits per heavy atom. The molecule has 0 fully saturated rings. The number of hydrogen-bond donors (Lipinski definition) is 1. The van der Waals surface area contributed by atoms with E-state index in [0.717, 1.165) is 16.9 Å². The van der Waals surface area contributed by atoms with Crippen molar-refractivity contribution in [2.75, 3.05) is 0 Å². The molecule has 1 heterocycles. The molecule has 0 atom stereocenters. The summed E-state index contributed by atoms with van der Waals surface area (Å²) in [6.07, 6.45) is 0.931. The summed E-state index contributed by atoms with van der Waals surface area (Å²) in [4.78, 5) is 14.2. The Morgan fingerprint density at radius 3 is 2.47 bits per heavy atom. The van der Waals surface area contributed by atoms with Crippen molar-refractivity contribution < 1.29 is 4.79 Å². The molecule has 0 spiro atoms. The van der Waals surface area contributed by atoms with Crippen LogP contribution in [0.1, 0.15) is 47.3 Å². The zero-order chi connectivity index (χ0) is 11.6. The monoisotopic (exact) mass is 225 g/mol. The van der Waals surface area contributed by atoms with Crippen LogP contribution < -0.4 is 5.32 Å². The van der Waals surface area contributed by atoms with E-state index >= 15 is 0 Å². The van der Waals surface area contributed by atoms with Crippen molar-refractivity contribution >= 4 is 17.2 Å². The van der Waals surface area contributed by atoms with Crippen molar-refractivity contribution in [3.8, 4) is 0 Å². The summed E-state index contributed by atoms with van der Waals surface area (Å²) in [5.74, 6) is 0.0451. The van der Waals surface area contributed by atoms with E-state index < -0.39 is 0 Å². The van der Waals surface area contributed by atoms with Gasteiger partial charge < -0.3 is 5.32 Å². The average Bonchev–Trinajstić information content (AvgIpc) is 2.45. The Morgan fingerprint density at radius 2 is 2.07 bits per heavy atom. The molecule has 1 rings (SSSR count). The van der Waals surface area contributed by atoms with Gasteiger partial charge in [-0.15, -0.1) is 11.3 Å². The van der Waals surface area contributed by atoms with Gasteiger partial charge in [0.05, 0.1) is 5.56 Å². The summed E-state index contributed by atoms with van der Waals surface area (Å²) in [5, 5.41) is 3.04. The molecule has 1 aromatic heterocycles. The average molecular weight is 225 g/mol. The van der Waals surface area contributed by atoms with Crippen LogP contribution in [0.4, 0.5) is 0 Å². The summed E-state index contributed by atoms with van der Waals surface area (Å²) in [7, 11) is 0. The van der Waals surface area contributed by atoms with E-state index in [9.17, 15) is 4.79 Å². The number of thiophene rings is 1. The smallest absolute Gasteiger partial charge is 0.252 e. The number of nitrogens with one attached hydrogen (secondary N) is 1. The third-order valence-electron chi connectivity index (χ3n) is 2.62. The normalized spacial score (nSPS) is 11.5. The minimum Gasteiger partial charge on any atom is -0.347 e. The third kappa shape index (κ3) is 3.06. The van der Waals surface area contributed by atoms with Crippen LogP contribution in [0.15, 0.2) is 6.07 Å². The number of aryl methyl sites for hydroxylation is 2. The largest absolute Gasteiger partial charge is 0.347 e. The van der Waals surface area contributed by atoms with Crippen molar-refractivity contribution in [3.63, 3.8) is 0 Å². The minimum absolute atomic E-state index is 0.0451. The lowest BCUT2D eigenvalue weighted by Crippen LogP contribution is -2.42. The Kier molecular flexibility index (Phi) is 3.55. The molecule has 1 amide bonds. The third-order valence-corrected chi connectivity index (χ3v) is 3.59. The van der Waals surface area contributed by atoms with Gasteiger partial charge in [-0.05, 0) is 40.2 Å². The van der Waals surface area contributed by atoms with E-state index in [2.05, 4.69) is 12.2 Å². The number of hydrogen-bond acceptors (Lipinski definition) is 2. The fourth-order valence-corrected chi connectivity index (χ4v) is 2.24. The molecule has 1 aromatic rings. The van der Waals surface area contributed by atoms with Gasteiger partial charge in [0, 0.05) is 15.3 Å². The molecule has 0 saturated heterocycles. The van der Waals surface area contributed by atoms with E-state index in [1.54, 1.807) is 11.3 Å². The molecule has 1 N–H and O–H groups in total. The zero-order valence-corrected chi connectivity index (χ0v) is 10.9. The molecule has 0 aliphatic heterocycles. The molecular formula is C12H19NOS. The van der Waals surface area contributed by atoms with Crippen LogP contribution in [0.25, 0.3) is 0 Å². The van der Waals surface area contributed by atoms with Gasteiger partial charge in [-0.1, -0.05) is 6.92 Å². The van der Waals surface area contributed by atoms with Crippen LogP contribution in [0.5, 0.6) is 0 Å². The topological polar surface area (TPSA) is 29.1 Å². The summed E-state index contributed by atoms with van der Waals surface area (Å²) < 4.78 is 0. The minimum atomic E-state index is -0.126. The SMILES string of the molecule is CCC(C)(C)NC(=O)c1cc(C)sc1C. The summed E-state index contributed by atoms with van der Waals surface area (Å²) in [6.45, 7) is 10.2. The van der Waals surface area contributed by atoms with Crippen LogP contribution in [0, 0.1) is 13.8 Å². The van der Waals surface area contributed by atoms with Crippen LogP contribution in [0.3, 0.4) is 0 Å². The van der Waals surface area contributed by atoms with Gasteiger partial charge in [0.15, 0.2) is 0 Å². The Balaban J connectivity index is 2.82. The maximum atomic E-state index is 11.9. The molecule has 0 saturated carbocycles. The van der Waals surface area contributed by atoms with E-state index in [1.807, 2.05) is 33.8 Å². The molecule has 0 radical (unpaired) electrons. The highest BCUT2D eigenvalue weighted by Crippen LogP contribution is 2.21. The van der Waals surface area contributed by atoms with Crippen molar-refractivity contribution in [2.24, 2.45) is 0 Å².